The molecule has 1 heterocycles. The van der Waals surface area contributed by atoms with Crippen molar-refractivity contribution in [1.82, 2.24) is 0 Å². The number of ether oxygens (including phenoxy) is 4. The molecule has 1 amide bonds. The van der Waals surface area contributed by atoms with Gasteiger partial charge >= 0.3 is 18.6 Å². The molecule has 1 aromatic heterocycles. The van der Waals surface area contributed by atoms with Gasteiger partial charge in [-0.15, -0.1) is 11.3 Å². The Kier molecular flexibility index (Phi) is 8.58. The molecule has 1 N–H and O–H groups in total. The number of methoxy groups -OCH3 is 1. The van der Waals surface area contributed by atoms with Gasteiger partial charge in [0.15, 0.2) is 18.1 Å². The first kappa shape index (κ1) is 25.2. The number of alkyl halides is 2. The summed E-state index contributed by atoms with van der Waals surface area (Å²) in [5.41, 5.74) is 1.67. The third-order valence-electron chi connectivity index (χ3n) is 4.73. The summed E-state index contributed by atoms with van der Waals surface area (Å²) in [6.45, 7) is -1.65. The topological polar surface area (TPSA) is 100 Å². The smallest absolute Gasteiger partial charge is 0.387 e. The van der Waals surface area contributed by atoms with Crippen molar-refractivity contribution < 1.29 is 42.1 Å². The number of hydrogen-bond acceptors (Lipinski definition) is 8. The molecule has 1 saturated carbocycles. The van der Waals surface area contributed by atoms with Crippen molar-refractivity contribution in [3.8, 4) is 11.5 Å². The maximum Gasteiger partial charge on any atom is 0.387 e. The number of carbonyl (C=O) groups is 3. The molecule has 1 fully saturated rings. The van der Waals surface area contributed by atoms with Crippen molar-refractivity contribution in [3.05, 3.63) is 46.3 Å². The Morgan fingerprint density at radius 3 is 2.62 bits per heavy atom. The molecule has 3 rings (SSSR count). The van der Waals surface area contributed by atoms with E-state index in [1.54, 1.807) is 6.92 Å². The summed E-state index contributed by atoms with van der Waals surface area (Å²) in [5.74, 6) is -1.69. The van der Waals surface area contributed by atoms with E-state index in [2.05, 4.69) is 10.1 Å². The van der Waals surface area contributed by atoms with Crippen LogP contribution in [-0.4, -0.2) is 44.8 Å². The Balaban J connectivity index is 1.56. The van der Waals surface area contributed by atoms with Crippen LogP contribution < -0.4 is 14.8 Å². The second kappa shape index (κ2) is 11.6. The minimum absolute atomic E-state index is 0.0640. The third-order valence-corrected chi connectivity index (χ3v) is 5.64. The predicted molar refractivity (Wildman–Crippen MR) is 120 cm³/mol. The van der Waals surface area contributed by atoms with Crippen molar-refractivity contribution in [1.29, 1.82) is 0 Å². The summed E-state index contributed by atoms with van der Waals surface area (Å²) < 4.78 is 44.2. The zero-order chi connectivity index (χ0) is 24.7. The number of amides is 1. The summed E-state index contributed by atoms with van der Waals surface area (Å²) in [6, 6.07) is 4.13. The van der Waals surface area contributed by atoms with Gasteiger partial charge < -0.3 is 24.3 Å². The molecule has 0 unspecified atom stereocenters. The van der Waals surface area contributed by atoms with Gasteiger partial charge in [0.05, 0.1) is 19.3 Å². The highest BCUT2D eigenvalue weighted by Crippen LogP contribution is 2.46. The summed E-state index contributed by atoms with van der Waals surface area (Å²) in [4.78, 5) is 36.6. The summed E-state index contributed by atoms with van der Waals surface area (Å²) in [5, 5.41) is 4.79. The lowest BCUT2D eigenvalue weighted by molar-refractivity contribution is -0.142. The molecular formula is C23H23F2NO7S. The Morgan fingerprint density at radius 2 is 1.97 bits per heavy atom. The maximum atomic E-state index is 12.4. The fourth-order valence-electron chi connectivity index (χ4n) is 3.06. The molecule has 182 valence electrons. The Hall–Kier alpha value is -3.47. The molecule has 1 aliphatic carbocycles. The van der Waals surface area contributed by atoms with Gasteiger partial charge in [0.25, 0.3) is 5.91 Å². The van der Waals surface area contributed by atoms with E-state index in [4.69, 9.17) is 14.2 Å². The van der Waals surface area contributed by atoms with Crippen molar-refractivity contribution in [2.75, 3.05) is 25.6 Å². The molecule has 8 nitrogen and oxygen atoms in total. The molecule has 11 heteroatoms. The van der Waals surface area contributed by atoms with Crippen molar-refractivity contribution in [2.45, 2.75) is 32.3 Å². The lowest BCUT2D eigenvalue weighted by Crippen LogP contribution is -2.21. The van der Waals surface area contributed by atoms with Crippen LogP contribution in [0.15, 0.2) is 29.7 Å². The Labute approximate surface area is 198 Å². The van der Waals surface area contributed by atoms with Crippen LogP contribution in [0.25, 0.3) is 6.08 Å². The molecule has 2 aromatic rings. The molecule has 0 radical (unpaired) electrons. The maximum absolute atomic E-state index is 12.4. The van der Waals surface area contributed by atoms with Crippen molar-refractivity contribution >= 4 is 40.3 Å². The van der Waals surface area contributed by atoms with Gasteiger partial charge in [-0.1, -0.05) is 6.07 Å². The number of carbonyl (C=O) groups excluding carboxylic acids is 3. The summed E-state index contributed by atoms with van der Waals surface area (Å²) in [7, 11) is 1.29. The van der Waals surface area contributed by atoms with Gasteiger partial charge in [0.2, 0.25) is 0 Å². The minimum atomic E-state index is -3.00. The molecule has 34 heavy (non-hydrogen) atoms. The average molecular weight is 496 g/mol. The van der Waals surface area contributed by atoms with Gasteiger partial charge in [0.1, 0.15) is 5.00 Å². The molecule has 1 aromatic carbocycles. The number of thiophene rings is 1. The predicted octanol–water partition coefficient (Wildman–Crippen LogP) is 4.61. The largest absolute Gasteiger partial charge is 0.493 e. The van der Waals surface area contributed by atoms with E-state index in [-0.39, 0.29) is 18.1 Å². The molecule has 0 spiro atoms. The zero-order valence-corrected chi connectivity index (χ0v) is 19.3. The van der Waals surface area contributed by atoms with Crippen LogP contribution in [0.2, 0.25) is 0 Å². The van der Waals surface area contributed by atoms with Crippen LogP contribution in [0, 0.1) is 0 Å². The molecule has 0 bridgehead atoms. The van der Waals surface area contributed by atoms with Gasteiger partial charge in [-0.05, 0) is 60.4 Å². The highest BCUT2D eigenvalue weighted by molar-refractivity contribution is 7.15. The fraction of sp³-hybridized carbons (Fsp3) is 0.348. The van der Waals surface area contributed by atoms with Crippen LogP contribution >= 0.6 is 11.3 Å². The van der Waals surface area contributed by atoms with Crippen LogP contribution in [0.5, 0.6) is 11.5 Å². The number of esters is 2. The van der Waals surface area contributed by atoms with E-state index in [1.165, 1.54) is 42.7 Å². The number of hydrogen-bond donors (Lipinski definition) is 1. The minimum Gasteiger partial charge on any atom is -0.493 e. The van der Waals surface area contributed by atoms with Crippen LogP contribution in [0.1, 0.15) is 47.2 Å². The average Bonchev–Trinajstić information content (AvgIpc) is 3.56. The second-order valence-corrected chi connectivity index (χ2v) is 8.05. The normalized spacial score (nSPS) is 13.1. The molecular weight excluding hydrogens is 472 g/mol. The standard InChI is InChI=1S/C23H23F2NO7S/c1-3-31-22(29)20-15(14-6-7-14)12-34-21(20)26-18(27)11-32-19(28)9-5-13-4-8-16(33-23(24)25)17(10-13)30-2/h4-5,8-10,12,14,23H,3,6-7,11H2,1-2H3,(H,26,27). The van der Waals surface area contributed by atoms with E-state index in [1.807, 2.05) is 5.38 Å². The van der Waals surface area contributed by atoms with Gasteiger partial charge in [-0.3, -0.25) is 4.79 Å². The summed E-state index contributed by atoms with van der Waals surface area (Å²) in [6.07, 6.45) is 4.41. The number of nitrogens with one attached hydrogen (secondary N) is 1. The van der Waals surface area contributed by atoms with Crippen LogP contribution in [0.3, 0.4) is 0 Å². The molecule has 1 aliphatic rings. The zero-order valence-electron chi connectivity index (χ0n) is 18.5. The van der Waals surface area contributed by atoms with Gasteiger partial charge in [-0.2, -0.15) is 8.78 Å². The first-order chi connectivity index (χ1) is 16.3. The Morgan fingerprint density at radius 1 is 1.21 bits per heavy atom. The lowest BCUT2D eigenvalue weighted by atomic mass is 10.1. The number of rotatable bonds is 11. The molecule has 0 aliphatic heterocycles. The number of benzene rings is 1. The highest BCUT2D eigenvalue weighted by Gasteiger charge is 2.32. The van der Waals surface area contributed by atoms with Crippen molar-refractivity contribution in [3.63, 3.8) is 0 Å². The number of halogens is 2. The number of anilines is 1. The second-order valence-electron chi connectivity index (χ2n) is 7.17. The van der Waals surface area contributed by atoms with E-state index in [9.17, 15) is 23.2 Å². The first-order valence-corrected chi connectivity index (χ1v) is 11.3. The summed E-state index contributed by atoms with van der Waals surface area (Å²) >= 11 is 1.22. The highest BCUT2D eigenvalue weighted by atomic mass is 32.1. The van der Waals surface area contributed by atoms with Crippen LogP contribution in [0.4, 0.5) is 13.8 Å². The van der Waals surface area contributed by atoms with Gasteiger partial charge in [-0.25, -0.2) is 9.59 Å². The molecule has 0 saturated heterocycles. The monoisotopic (exact) mass is 495 g/mol. The third kappa shape index (κ3) is 6.77. The SMILES string of the molecule is CCOC(=O)c1c(C2CC2)csc1NC(=O)COC(=O)C=Cc1ccc(OC(F)F)c(OC)c1. The van der Waals surface area contributed by atoms with E-state index < -0.39 is 31.1 Å². The van der Waals surface area contributed by atoms with Gasteiger partial charge in [0, 0.05) is 6.08 Å². The lowest BCUT2D eigenvalue weighted by Gasteiger charge is -2.10. The quantitative estimate of drug-likeness (QED) is 0.359. The van der Waals surface area contributed by atoms with E-state index in [0.29, 0.717) is 22.0 Å². The van der Waals surface area contributed by atoms with E-state index in [0.717, 1.165) is 24.5 Å². The van der Waals surface area contributed by atoms with E-state index >= 15 is 0 Å². The Bertz CT molecular complexity index is 1080. The van der Waals surface area contributed by atoms with Crippen LogP contribution in [-0.2, 0) is 19.1 Å². The molecule has 0 atom stereocenters. The van der Waals surface area contributed by atoms with Crippen molar-refractivity contribution in [2.24, 2.45) is 0 Å². The first-order valence-electron chi connectivity index (χ1n) is 10.4. The fourth-order valence-corrected chi connectivity index (χ4v) is 4.11.